The largest absolute Gasteiger partial charge is 0.504 e. The SMILES string of the molecule is COc1cccc(C=NNC(=O)CCn2nnc3ccccc32)c1O. The van der Waals surface area contributed by atoms with Gasteiger partial charge in [-0.2, -0.15) is 5.10 Å². The maximum Gasteiger partial charge on any atom is 0.241 e. The fourth-order valence-electron chi connectivity index (χ4n) is 2.33. The standard InChI is InChI=1S/C17H17N5O3/c1-25-15-8-4-5-12(17(15)24)11-18-20-16(23)9-10-22-14-7-3-2-6-13(14)19-21-22/h2-8,11,24H,9-10H2,1H3,(H,20,23). The molecule has 0 saturated carbocycles. The summed E-state index contributed by atoms with van der Waals surface area (Å²) < 4.78 is 6.69. The summed E-state index contributed by atoms with van der Waals surface area (Å²) in [5.74, 6) is 0.0450. The third-order valence-corrected chi connectivity index (χ3v) is 3.61. The Morgan fingerprint density at radius 1 is 1.32 bits per heavy atom. The first-order valence-corrected chi connectivity index (χ1v) is 7.65. The highest BCUT2D eigenvalue weighted by Gasteiger charge is 2.07. The molecule has 0 spiro atoms. The lowest BCUT2D eigenvalue weighted by molar-refractivity contribution is -0.121. The number of hydrazone groups is 1. The van der Waals surface area contributed by atoms with E-state index < -0.39 is 0 Å². The maximum atomic E-state index is 11.9. The highest BCUT2D eigenvalue weighted by atomic mass is 16.5. The molecule has 0 aliphatic heterocycles. The molecule has 0 radical (unpaired) electrons. The van der Waals surface area contributed by atoms with E-state index >= 15 is 0 Å². The molecule has 0 fully saturated rings. The molecule has 128 valence electrons. The molecule has 2 aromatic carbocycles. The first-order valence-electron chi connectivity index (χ1n) is 7.65. The highest BCUT2D eigenvalue weighted by molar-refractivity contribution is 5.86. The number of aryl methyl sites for hydroxylation is 1. The van der Waals surface area contributed by atoms with Gasteiger partial charge in [-0.15, -0.1) is 5.10 Å². The fourth-order valence-corrected chi connectivity index (χ4v) is 2.33. The Morgan fingerprint density at radius 2 is 2.16 bits per heavy atom. The number of aromatic hydroxyl groups is 1. The first kappa shape index (κ1) is 16.4. The average Bonchev–Trinajstić information content (AvgIpc) is 3.04. The number of aromatic nitrogens is 3. The van der Waals surface area contributed by atoms with Gasteiger partial charge in [-0.05, 0) is 24.3 Å². The molecule has 8 nitrogen and oxygen atoms in total. The summed E-state index contributed by atoms with van der Waals surface area (Å²) in [4.78, 5) is 11.9. The van der Waals surface area contributed by atoms with Gasteiger partial charge in [0, 0.05) is 12.0 Å². The molecule has 3 rings (SSSR count). The molecule has 1 heterocycles. The van der Waals surface area contributed by atoms with E-state index in [1.165, 1.54) is 13.3 Å². The van der Waals surface area contributed by atoms with Gasteiger partial charge in [0.1, 0.15) is 5.52 Å². The van der Waals surface area contributed by atoms with E-state index in [1.54, 1.807) is 22.9 Å². The van der Waals surface area contributed by atoms with Crippen LogP contribution in [0, 0.1) is 0 Å². The molecule has 0 bridgehead atoms. The van der Waals surface area contributed by atoms with Crippen LogP contribution in [0.3, 0.4) is 0 Å². The van der Waals surface area contributed by atoms with Gasteiger partial charge in [0.15, 0.2) is 11.5 Å². The quantitative estimate of drug-likeness (QED) is 0.525. The summed E-state index contributed by atoms with van der Waals surface area (Å²) in [6, 6.07) is 12.6. The summed E-state index contributed by atoms with van der Waals surface area (Å²) in [5.41, 5.74) is 4.53. The van der Waals surface area contributed by atoms with Gasteiger partial charge in [-0.3, -0.25) is 4.79 Å². The second-order valence-corrected chi connectivity index (χ2v) is 5.24. The van der Waals surface area contributed by atoms with Crippen LogP contribution in [0.4, 0.5) is 0 Å². The predicted octanol–water partition coefficient (Wildman–Crippen LogP) is 1.69. The minimum atomic E-state index is -0.266. The Labute approximate surface area is 143 Å². The van der Waals surface area contributed by atoms with E-state index in [9.17, 15) is 9.90 Å². The number of carbonyl (C=O) groups excluding carboxylic acids is 1. The third kappa shape index (κ3) is 3.74. The van der Waals surface area contributed by atoms with Gasteiger partial charge in [0.25, 0.3) is 0 Å². The Bertz CT molecular complexity index is 920. The minimum absolute atomic E-state index is 0.0305. The van der Waals surface area contributed by atoms with Crippen LogP contribution in [0.5, 0.6) is 11.5 Å². The topological polar surface area (TPSA) is 102 Å². The van der Waals surface area contributed by atoms with Crippen molar-refractivity contribution < 1.29 is 14.6 Å². The molecule has 3 aromatic rings. The van der Waals surface area contributed by atoms with E-state index in [1.807, 2.05) is 24.3 Å². The molecular weight excluding hydrogens is 322 g/mol. The van der Waals surface area contributed by atoms with Gasteiger partial charge >= 0.3 is 0 Å². The number of hydrogen-bond donors (Lipinski definition) is 2. The molecule has 25 heavy (non-hydrogen) atoms. The second kappa shape index (κ2) is 7.43. The Balaban J connectivity index is 1.56. The van der Waals surface area contributed by atoms with Crippen molar-refractivity contribution in [2.24, 2.45) is 5.10 Å². The lowest BCUT2D eigenvalue weighted by atomic mass is 10.2. The van der Waals surface area contributed by atoms with Gasteiger partial charge in [0.2, 0.25) is 5.91 Å². The van der Waals surface area contributed by atoms with Crippen molar-refractivity contribution in [3.8, 4) is 11.5 Å². The number of phenolic OH excluding ortho intramolecular Hbond substituents is 1. The minimum Gasteiger partial charge on any atom is -0.504 e. The van der Waals surface area contributed by atoms with Crippen LogP contribution in [0.25, 0.3) is 11.0 Å². The van der Waals surface area contributed by atoms with Gasteiger partial charge in [-0.25, -0.2) is 10.1 Å². The number of fused-ring (bicyclic) bond motifs is 1. The van der Waals surface area contributed by atoms with Crippen molar-refractivity contribution >= 4 is 23.2 Å². The zero-order valence-corrected chi connectivity index (χ0v) is 13.6. The number of methoxy groups -OCH3 is 1. The second-order valence-electron chi connectivity index (χ2n) is 5.24. The number of benzene rings is 2. The van der Waals surface area contributed by atoms with E-state index in [0.717, 1.165) is 11.0 Å². The number of carbonyl (C=O) groups is 1. The van der Waals surface area contributed by atoms with Crippen molar-refractivity contribution in [3.63, 3.8) is 0 Å². The van der Waals surface area contributed by atoms with Crippen molar-refractivity contribution in [2.45, 2.75) is 13.0 Å². The zero-order chi connectivity index (χ0) is 17.6. The fraction of sp³-hybridized carbons (Fsp3) is 0.176. The predicted molar refractivity (Wildman–Crippen MR) is 92.5 cm³/mol. The summed E-state index contributed by atoms with van der Waals surface area (Å²) in [6.45, 7) is 0.395. The van der Waals surface area contributed by atoms with Crippen molar-refractivity contribution in [2.75, 3.05) is 7.11 Å². The number of hydrogen-bond acceptors (Lipinski definition) is 6. The van der Waals surface area contributed by atoms with Crippen LogP contribution in [0.15, 0.2) is 47.6 Å². The lowest BCUT2D eigenvalue weighted by Gasteiger charge is -2.05. The molecule has 0 unspecified atom stereocenters. The van der Waals surface area contributed by atoms with Gasteiger partial charge in [-0.1, -0.05) is 23.4 Å². The van der Waals surface area contributed by atoms with Crippen LogP contribution in [0.2, 0.25) is 0 Å². The van der Waals surface area contributed by atoms with E-state index in [2.05, 4.69) is 20.8 Å². The molecule has 1 aromatic heterocycles. The normalized spacial score (nSPS) is 11.1. The summed E-state index contributed by atoms with van der Waals surface area (Å²) in [7, 11) is 1.46. The van der Waals surface area contributed by atoms with Crippen molar-refractivity contribution in [1.29, 1.82) is 0 Å². The number of ether oxygens (including phenoxy) is 1. The third-order valence-electron chi connectivity index (χ3n) is 3.61. The van der Waals surface area contributed by atoms with Crippen LogP contribution in [0.1, 0.15) is 12.0 Å². The number of phenols is 1. The zero-order valence-electron chi connectivity index (χ0n) is 13.6. The molecule has 0 atom stereocenters. The van der Waals surface area contributed by atoms with Crippen molar-refractivity contribution in [3.05, 3.63) is 48.0 Å². The van der Waals surface area contributed by atoms with Crippen LogP contribution in [-0.4, -0.2) is 39.3 Å². The van der Waals surface area contributed by atoms with E-state index in [4.69, 9.17) is 4.74 Å². The highest BCUT2D eigenvalue weighted by Crippen LogP contribution is 2.27. The number of amides is 1. The number of nitrogens with one attached hydrogen (secondary N) is 1. The molecule has 8 heteroatoms. The number of rotatable bonds is 6. The number of nitrogens with zero attached hydrogens (tertiary/aromatic N) is 4. The molecule has 2 N–H and O–H groups in total. The Hall–Kier alpha value is -3.42. The Morgan fingerprint density at radius 3 is 3.00 bits per heavy atom. The summed E-state index contributed by atoms with van der Waals surface area (Å²) >= 11 is 0. The van der Waals surface area contributed by atoms with Crippen molar-refractivity contribution in [1.82, 2.24) is 20.4 Å². The van der Waals surface area contributed by atoms with Crippen LogP contribution >= 0.6 is 0 Å². The Kier molecular flexibility index (Phi) is 4.89. The van der Waals surface area contributed by atoms with E-state index in [-0.39, 0.29) is 18.1 Å². The number of para-hydroxylation sites is 2. The molecule has 0 aliphatic rings. The monoisotopic (exact) mass is 339 g/mol. The lowest BCUT2D eigenvalue weighted by Crippen LogP contribution is -2.19. The maximum absolute atomic E-state index is 11.9. The van der Waals surface area contributed by atoms with Gasteiger partial charge in [0.05, 0.1) is 25.4 Å². The van der Waals surface area contributed by atoms with E-state index in [0.29, 0.717) is 17.9 Å². The smallest absolute Gasteiger partial charge is 0.241 e. The van der Waals surface area contributed by atoms with Crippen LogP contribution < -0.4 is 10.2 Å². The summed E-state index contributed by atoms with van der Waals surface area (Å²) in [6.07, 6.45) is 1.56. The molecular formula is C17H17N5O3. The summed E-state index contributed by atoms with van der Waals surface area (Å²) in [5, 5.41) is 21.9. The molecule has 0 saturated heterocycles. The first-order chi connectivity index (χ1) is 12.2. The van der Waals surface area contributed by atoms with Gasteiger partial charge < -0.3 is 9.84 Å². The molecule has 0 aliphatic carbocycles. The van der Waals surface area contributed by atoms with Crippen LogP contribution in [-0.2, 0) is 11.3 Å². The molecule has 1 amide bonds. The average molecular weight is 339 g/mol.